The van der Waals surface area contributed by atoms with Crippen LogP contribution in [0.5, 0.6) is 5.88 Å². The van der Waals surface area contributed by atoms with E-state index in [0.29, 0.717) is 0 Å². The van der Waals surface area contributed by atoms with E-state index in [-0.39, 0.29) is 32.2 Å². The van der Waals surface area contributed by atoms with E-state index in [1.54, 1.807) is 0 Å². The first-order chi connectivity index (χ1) is 9.31. The molecule has 0 amide bonds. The Balaban J connectivity index is 2.57. The lowest BCUT2D eigenvalue weighted by Crippen LogP contribution is -2.06. The number of halogens is 6. The molecule has 0 unspecified atom stereocenters. The minimum absolute atomic E-state index is 0.0176. The van der Waals surface area contributed by atoms with E-state index in [4.69, 9.17) is 34.8 Å². The number of aromatic nitrogens is 2. The van der Waals surface area contributed by atoms with E-state index in [2.05, 4.69) is 9.84 Å². The summed E-state index contributed by atoms with van der Waals surface area (Å²) in [6, 6.07) is 2.19. The number of aryl methyl sites for hydroxylation is 1. The fourth-order valence-electron chi connectivity index (χ4n) is 1.57. The van der Waals surface area contributed by atoms with Crippen molar-refractivity contribution >= 4 is 34.8 Å². The van der Waals surface area contributed by atoms with Crippen molar-refractivity contribution in [3.63, 3.8) is 0 Å². The van der Waals surface area contributed by atoms with Gasteiger partial charge in [-0.1, -0.05) is 34.8 Å². The van der Waals surface area contributed by atoms with Gasteiger partial charge in [-0.25, -0.2) is 9.07 Å². The van der Waals surface area contributed by atoms with Crippen molar-refractivity contribution in [1.82, 2.24) is 9.78 Å². The zero-order valence-electron chi connectivity index (χ0n) is 9.80. The molecule has 108 valence electrons. The van der Waals surface area contributed by atoms with Gasteiger partial charge in [0, 0.05) is 12.6 Å². The Hall–Kier alpha value is -1.11. The number of nitrogens with zero attached hydrogens (tertiary/aromatic N) is 2. The number of benzene rings is 1. The van der Waals surface area contributed by atoms with E-state index in [0.717, 1.165) is 10.7 Å². The van der Waals surface area contributed by atoms with Gasteiger partial charge in [0.2, 0.25) is 5.88 Å². The molecule has 0 saturated carbocycles. The van der Waals surface area contributed by atoms with Crippen LogP contribution >= 0.6 is 34.8 Å². The minimum atomic E-state index is -3.07. The molecule has 1 heterocycles. The standard InChI is InChI=1S/C11H6Cl3F3N2O/c1-19-10(20-11(16)17)8(14)9(18-19)4-2-5(12)6(13)3-7(4)15/h2-3,11H,1H3. The van der Waals surface area contributed by atoms with Crippen LogP contribution < -0.4 is 4.74 Å². The van der Waals surface area contributed by atoms with Crippen LogP contribution in [0.1, 0.15) is 0 Å². The second kappa shape index (κ2) is 5.71. The van der Waals surface area contributed by atoms with Gasteiger partial charge in [0.15, 0.2) is 0 Å². The van der Waals surface area contributed by atoms with Crippen LogP contribution in [0.4, 0.5) is 13.2 Å². The third-order valence-corrected chi connectivity index (χ3v) is 3.47. The van der Waals surface area contributed by atoms with Gasteiger partial charge in [-0.2, -0.15) is 13.9 Å². The number of ether oxygens (including phenoxy) is 1. The van der Waals surface area contributed by atoms with E-state index >= 15 is 0 Å². The Bertz CT molecular complexity index is 661. The van der Waals surface area contributed by atoms with Crippen molar-refractivity contribution in [3.05, 3.63) is 33.0 Å². The van der Waals surface area contributed by atoms with E-state index in [1.807, 2.05) is 0 Å². The number of rotatable bonds is 3. The second-order valence-electron chi connectivity index (χ2n) is 3.72. The summed E-state index contributed by atoms with van der Waals surface area (Å²) in [7, 11) is 1.34. The fourth-order valence-corrected chi connectivity index (χ4v) is 2.19. The van der Waals surface area contributed by atoms with Gasteiger partial charge in [0.05, 0.1) is 10.0 Å². The molecule has 0 radical (unpaired) electrons. The van der Waals surface area contributed by atoms with Crippen LogP contribution in [0, 0.1) is 5.82 Å². The summed E-state index contributed by atoms with van der Waals surface area (Å²) < 4.78 is 43.6. The fraction of sp³-hybridized carbons (Fsp3) is 0.182. The Morgan fingerprint density at radius 1 is 1.20 bits per heavy atom. The first kappa shape index (κ1) is 15.3. The summed E-state index contributed by atoms with van der Waals surface area (Å²) in [4.78, 5) is 0. The SMILES string of the molecule is Cn1nc(-c2cc(Cl)c(Cl)cc2F)c(Cl)c1OC(F)F. The molecule has 0 aliphatic rings. The molecule has 0 N–H and O–H groups in total. The van der Waals surface area contributed by atoms with Crippen molar-refractivity contribution in [2.75, 3.05) is 0 Å². The van der Waals surface area contributed by atoms with Gasteiger partial charge >= 0.3 is 6.61 Å². The molecule has 0 aliphatic heterocycles. The maximum Gasteiger partial charge on any atom is 0.388 e. The highest BCUT2D eigenvalue weighted by molar-refractivity contribution is 6.42. The molecule has 2 aromatic rings. The predicted octanol–water partition coefficient (Wildman–Crippen LogP) is 4.79. The van der Waals surface area contributed by atoms with Crippen molar-refractivity contribution in [2.24, 2.45) is 7.05 Å². The van der Waals surface area contributed by atoms with Crippen molar-refractivity contribution < 1.29 is 17.9 Å². The summed E-state index contributed by atoms with van der Waals surface area (Å²) in [5, 5.41) is 3.71. The highest BCUT2D eigenvalue weighted by Gasteiger charge is 2.22. The molecule has 2 rings (SSSR count). The largest absolute Gasteiger partial charge is 0.416 e. The summed E-state index contributed by atoms with van der Waals surface area (Å²) in [5.41, 5.74) is -0.134. The van der Waals surface area contributed by atoms with Crippen LogP contribution in [-0.4, -0.2) is 16.4 Å². The molecular weight excluding hydrogens is 339 g/mol. The van der Waals surface area contributed by atoms with Gasteiger partial charge in [-0.05, 0) is 12.1 Å². The summed E-state index contributed by atoms with van der Waals surface area (Å²) >= 11 is 17.3. The average molecular weight is 346 g/mol. The lowest BCUT2D eigenvalue weighted by Gasteiger charge is -2.04. The number of hydrogen-bond acceptors (Lipinski definition) is 2. The van der Waals surface area contributed by atoms with Crippen LogP contribution in [0.15, 0.2) is 12.1 Å². The molecule has 1 aromatic carbocycles. The summed E-state index contributed by atoms with van der Waals surface area (Å²) in [5.74, 6) is -1.11. The maximum atomic E-state index is 13.9. The summed E-state index contributed by atoms with van der Waals surface area (Å²) in [6.45, 7) is -3.07. The topological polar surface area (TPSA) is 27.1 Å². The number of alkyl halides is 2. The van der Waals surface area contributed by atoms with Gasteiger partial charge in [0.1, 0.15) is 16.5 Å². The molecule has 0 fully saturated rings. The Labute approximate surface area is 126 Å². The van der Waals surface area contributed by atoms with Crippen LogP contribution in [0.25, 0.3) is 11.3 Å². The quantitative estimate of drug-likeness (QED) is 0.748. The van der Waals surface area contributed by atoms with Gasteiger partial charge in [-0.3, -0.25) is 0 Å². The minimum Gasteiger partial charge on any atom is -0.416 e. The smallest absolute Gasteiger partial charge is 0.388 e. The maximum absolute atomic E-state index is 13.9. The zero-order valence-corrected chi connectivity index (χ0v) is 12.1. The van der Waals surface area contributed by atoms with E-state index in [1.165, 1.54) is 13.1 Å². The van der Waals surface area contributed by atoms with Gasteiger partial charge in [0.25, 0.3) is 0 Å². The lowest BCUT2D eigenvalue weighted by molar-refractivity contribution is -0.0552. The molecule has 20 heavy (non-hydrogen) atoms. The predicted molar refractivity (Wildman–Crippen MR) is 70.3 cm³/mol. The molecule has 0 spiro atoms. The van der Waals surface area contributed by atoms with E-state index < -0.39 is 12.4 Å². The lowest BCUT2D eigenvalue weighted by atomic mass is 10.1. The Morgan fingerprint density at radius 3 is 2.40 bits per heavy atom. The van der Waals surface area contributed by atoms with Crippen molar-refractivity contribution in [3.8, 4) is 17.1 Å². The van der Waals surface area contributed by atoms with Crippen LogP contribution in [0.3, 0.4) is 0 Å². The molecular formula is C11H6Cl3F3N2O. The summed E-state index contributed by atoms with van der Waals surface area (Å²) in [6.07, 6.45) is 0. The average Bonchev–Trinajstić information content (AvgIpc) is 2.61. The van der Waals surface area contributed by atoms with Crippen LogP contribution in [-0.2, 0) is 7.05 Å². The highest BCUT2D eigenvalue weighted by atomic mass is 35.5. The Kier molecular flexibility index (Phi) is 4.36. The third-order valence-electron chi connectivity index (χ3n) is 2.41. The molecule has 0 bridgehead atoms. The zero-order chi connectivity index (χ0) is 15.0. The van der Waals surface area contributed by atoms with Crippen LogP contribution in [0.2, 0.25) is 15.1 Å². The molecule has 3 nitrogen and oxygen atoms in total. The van der Waals surface area contributed by atoms with Crippen molar-refractivity contribution in [2.45, 2.75) is 6.61 Å². The van der Waals surface area contributed by atoms with Crippen molar-refractivity contribution in [1.29, 1.82) is 0 Å². The monoisotopic (exact) mass is 344 g/mol. The second-order valence-corrected chi connectivity index (χ2v) is 4.91. The normalized spacial score (nSPS) is 11.2. The first-order valence-electron chi connectivity index (χ1n) is 5.13. The molecule has 0 saturated heterocycles. The molecule has 9 heteroatoms. The molecule has 0 atom stereocenters. The van der Waals surface area contributed by atoms with Gasteiger partial charge < -0.3 is 4.74 Å². The highest BCUT2D eigenvalue weighted by Crippen LogP contribution is 2.38. The van der Waals surface area contributed by atoms with E-state index in [9.17, 15) is 13.2 Å². The third kappa shape index (κ3) is 2.82. The first-order valence-corrected chi connectivity index (χ1v) is 6.27. The number of hydrogen-bond donors (Lipinski definition) is 0. The molecule has 0 aliphatic carbocycles. The molecule has 1 aromatic heterocycles. The van der Waals surface area contributed by atoms with Gasteiger partial charge in [-0.15, -0.1) is 0 Å². The Morgan fingerprint density at radius 2 is 1.80 bits per heavy atom.